The molecule has 0 bridgehead atoms. The number of aliphatic carboxylic acids is 1. The zero-order valence-electron chi connectivity index (χ0n) is 10.3. The second-order valence-corrected chi connectivity index (χ2v) is 4.07. The second-order valence-electron chi connectivity index (χ2n) is 4.07. The fourth-order valence-corrected chi connectivity index (χ4v) is 2.29. The monoisotopic (exact) mass is 247 g/mol. The van der Waals surface area contributed by atoms with Crippen LogP contribution in [-0.2, 0) is 11.2 Å². The van der Waals surface area contributed by atoms with E-state index in [1.165, 1.54) is 14.2 Å². The fourth-order valence-electron chi connectivity index (χ4n) is 2.29. The third-order valence-electron chi connectivity index (χ3n) is 3.13. The highest BCUT2D eigenvalue weighted by atomic mass is 16.5. The van der Waals surface area contributed by atoms with Crippen LogP contribution >= 0.6 is 0 Å². The molecule has 1 unspecified atom stereocenters. The molecular weight excluding hydrogens is 233 g/mol. The molecule has 1 heterocycles. The molecule has 1 aromatic rings. The molecule has 18 heavy (non-hydrogen) atoms. The van der Waals surface area contributed by atoms with Crippen LogP contribution in [-0.4, -0.2) is 39.7 Å². The number of hydrogen-bond acceptors (Lipinski definition) is 4. The lowest BCUT2D eigenvalue weighted by atomic mass is 9.81. The molecule has 94 valence electrons. The van der Waals surface area contributed by atoms with Crippen LogP contribution in [0, 0.1) is 0 Å². The van der Waals surface area contributed by atoms with Crippen LogP contribution in [0.25, 0.3) is 0 Å². The second kappa shape index (κ2) is 4.90. The summed E-state index contributed by atoms with van der Waals surface area (Å²) in [6.07, 6.45) is 0.672. The molecule has 0 saturated carbocycles. The van der Waals surface area contributed by atoms with Gasteiger partial charge in [0.15, 0.2) is 11.5 Å². The van der Waals surface area contributed by atoms with Gasteiger partial charge in [0.2, 0.25) is 0 Å². The Morgan fingerprint density at radius 2 is 2.22 bits per heavy atom. The number of carboxylic acids is 1. The van der Waals surface area contributed by atoms with Crippen molar-refractivity contribution in [3.05, 3.63) is 17.2 Å². The summed E-state index contributed by atoms with van der Waals surface area (Å²) in [5, 5.41) is 12.1. The van der Waals surface area contributed by atoms with Crippen LogP contribution < -0.4 is 20.3 Å². The zero-order chi connectivity index (χ0) is 13.3. The maximum Gasteiger partial charge on any atom is 0.325 e. The first-order chi connectivity index (χ1) is 8.60. The van der Waals surface area contributed by atoms with Gasteiger partial charge in [-0.05, 0) is 29.1 Å². The number of ether oxygens (including phenoxy) is 2. The smallest absolute Gasteiger partial charge is 0.325 e. The molecule has 0 aliphatic carbocycles. The summed E-state index contributed by atoms with van der Waals surface area (Å²) in [5.41, 5.74) is 1.92. The number of nitrogens with one attached hydrogen (secondary N) is 1. The van der Waals surface area contributed by atoms with Crippen LogP contribution in [0.2, 0.25) is 0 Å². The van der Waals surface area contributed by atoms with Gasteiger partial charge in [0.05, 0.1) is 14.2 Å². The van der Waals surface area contributed by atoms with E-state index >= 15 is 0 Å². The van der Waals surface area contributed by atoms with Gasteiger partial charge in [0, 0.05) is 6.54 Å². The molecule has 5 nitrogen and oxygen atoms in total. The van der Waals surface area contributed by atoms with Crippen molar-refractivity contribution in [1.82, 2.24) is 5.32 Å². The van der Waals surface area contributed by atoms with Gasteiger partial charge in [0.1, 0.15) is 13.9 Å². The lowest BCUT2D eigenvalue weighted by Gasteiger charge is -2.27. The molecule has 2 rings (SSSR count). The van der Waals surface area contributed by atoms with Gasteiger partial charge in [-0.2, -0.15) is 0 Å². The van der Waals surface area contributed by atoms with E-state index in [2.05, 4.69) is 5.32 Å². The first-order valence-electron chi connectivity index (χ1n) is 5.59. The van der Waals surface area contributed by atoms with E-state index in [1.807, 2.05) is 0 Å². The third kappa shape index (κ3) is 1.92. The van der Waals surface area contributed by atoms with Gasteiger partial charge >= 0.3 is 5.97 Å². The Morgan fingerprint density at radius 3 is 2.78 bits per heavy atom. The number of carbonyl (C=O) groups is 1. The van der Waals surface area contributed by atoms with Crippen LogP contribution in [0.1, 0.15) is 17.2 Å². The van der Waals surface area contributed by atoms with Crippen molar-refractivity contribution in [3.63, 3.8) is 0 Å². The summed E-state index contributed by atoms with van der Waals surface area (Å²) < 4.78 is 10.4. The fraction of sp³-hybridized carbons (Fsp3) is 0.417. The third-order valence-corrected chi connectivity index (χ3v) is 3.13. The average molecular weight is 247 g/mol. The van der Waals surface area contributed by atoms with Crippen LogP contribution in [0.5, 0.6) is 11.5 Å². The van der Waals surface area contributed by atoms with Crippen molar-refractivity contribution in [2.75, 3.05) is 20.8 Å². The zero-order valence-corrected chi connectivity index (χ0v) is 10.3. The molecule has 0 aromatic heterocycles. The Kier molecular flexibility index (Phi) is 3.47. The number of benzene rings is 1. The normalized spacial score (nSPS) is 18.0. The molecule has 0 amide bonds. The molecule has 1 aliphatic rings. The number of carboxylic acid groups (broad SMARTS) is 1. The quantitative estimate of drug-likeness (QED) is 0.722. The summed E-state index contributed by atoms with van der Waals surface area (Å²) >= 11 is 0. The Labute approximate surface area is 106 Å². The van der Waals surface area contributed by atoms with Crippen molar-refractivity contribution in [3.8, 4) is 11.5 Å². The van der Waals surface area contributed by atoms with E-state index < -0.39 is 12.0 Å². The number of rotatable bonds is 3. The first kappa shape index (κ1) is 12.8. The summed E-state index contributed by atoms with van der Waals surface area (Å²) in [6, 6.07) is 0.922. The van der Waals surface area contributed by atoms with Crippen LogP contribution in [0.4, 0.5) is 0 Å². The Hall–Kier alpha value is -1.69. The lowest BCUT2D eigenvalue weighted by molar-refractivity contribution is -0.139. The Morgan fingerprint density at radius 1 is 1.50 bits per heavy atom. The number of methoxy groups -OCH3 is 2. The van der Waals surface area contributed by atoms with Crippen molar-refractivity contribution in [2.45, 2.75) is 12.5 Å². The number of hydrogen-bond donors (Lipinski definition) is 2. The molecule has 0 saturated heterocycles. The molecule has 2 radical (unpaired) electrons. The summed E-state index contributed by atoms with van der Waals surface area (Å²) in [4.78, 5) is 11.2. The minimum Gasteiger partial charge on any atom is -0.493 e. The van der Waals surface area contributed by atoms with Crippen LogP contribution in [0.15, 0.2) is 6.07 Å². The van der Waals surface area contributed by atoms with E-state index in [4.69, 9.17) is 17.3 Å². The highest BCUT2D eigenvalue weighted by molar-refractivity contribution is 6.36. The SMILES string of the molecule is [B]c1c2c(cc(OC)c1OC)C(C(=O)O)NCC2. The summed E-state index contributed by atoms with van der Waals surface area (Å²) in [6.45, 7) is 0.573. The molecule has 0 spiro atoms. The first-order valence-corrected chi connectivity index (χ1v) is 5.59. The highest BCUT2D eigenvalue weighted by Crippen LogP contribution is 2.32. The maximum atomic E-state index is 11.2. The number of fused-ring (bicyclic) bond motifs is 1. The molecule has 2 N–H and O–H groups in total. The predicted octanol–water partition coefficient (Wildman–Crippen LogP) is -0.231. The van der Waals surface area contributed by atoms with E-state index in [-0.39, 0.29) is 0 Å². The van der Waals surface area contributed by atoms with E-state index in [0.717, 1.165) is 5.56 Å². The van der Waals surface area contributed by atoms with Gasteiger partial charge in [-0.15, -0.1) is 0 Å². The average Bonchev–Trinajstić information content (AvgIpc) is 2.37. The van der Waals surface area contributed by atoms with Gasteiger partial charge in [0.25, 0.3) is 0 Å². The molecule has 0 fully saturated rings. The van der Waals surface area contributed by atoms with Gasteiger partial charge in [-0.25, -0.2) is 0 Å². The van der Waals surface area contributed by atoms with E-state index in [9.17, 15) is 9.90 Å². The largest absolute Gasteiger partial charge is 0.493 e. The predicted molar refractivity (Wildman–Crippen MR) is 67.0 cm³/mol. The van der Waals surface area contributed by atoms with Crippen molar-refractivity contribution in [2.24, 2.45) is 0 Å². The summed E-state index contributed by atoms with van der Waals surface area (Å²) in [5.74, 6) is -0.0199. The van der Waals surface area contributed by atoms with E-state index in [1.54, 1.807) is 6.07 Å². The van der Waals surface area contributed by atoms with Gasteiger partial charge in [-0.3, -0.25) is 4.79 Å². The van der Waals surface area contributed by atoms with Crippen molar-refractivity contribution >= 4 is 19.3 Å². The summed E-state index contributed by atoms with van der Waals surface area (Å²) in [7, 11) is 9.03. The topological polar surface area (TPSA) is 67.8 Å². The molecular formula is C12H14BNO4. The molecule has 1 aromatic carbocycles. The Balaban J connectivity index is 2.62. The van der Waals surface area contributed by atoms with Crippen molar-refractivity contribution < 1.29 is 19.4 Å². The van der Waals surface area contributed by atoms with Gasteiger partial charge < -0.3 is 19.9 Å². The van der Waals surface area contributed by atoms with Crippen LogP contribution in [0.3, 0.4) is 0 Å². The maximum absolute atomic E-state index is 11.2. The highest BCUT2D eigenvalue weighted by Gasteiger charge is 2.29. The molecule has 6 heteroatoms. The minimum absolute atomic E-state index is 0.448. The van der Waals surface area contributed by atoms with Gasteiger partial charge in [-0.1, -0.05) is 0 Å². The lowest BCUT2D eigenvalue weighted by Crippen LogP contribution is -2.38. The van der Waals surface area contributed by atoms with E-state index in [0.29, 0.717) is 35.5 Å². The molecule has 1 atom stereocenters. The standard InChI is InChI=1S/C12H14BNO4/c1-17-8-5-7-6(9(13)11(8)18-2)3-4-14-10(7)12(15)16/h5,10,14H,3-4H2,1-2H3,(H,15,16). The molecule has 1 aliphatic heterocycles. The minimum atomic E-state index is -0.928. The Bertz CT molecular complexity index is 489. The van der Waals surface area contributed by atoms with Crippen molar-refractivity contribution in [1.29, 1.82) is 0 Å².